The Kier molecular flexibility index (Phi) is 8.05. The molecule has 1 amide bonds. The number of likely N-dealkylation sites (tertiary alicyclic amines) is 1. The van der Waals surface area contributed by atoms with Crippen LogP contribution in [-0.2, 0) is 11.8 Å². The molecule has 11 nitrogen and oxygen atoms in total. The molecule has 6 heterocycles. The lowest BCUT2D eigenvalue weighted by atomic mass is 9.85. The number of hydrogen-bond donors (Lipinski definition) is 2. The highest BCUT2D eigenvalue weighted by Crippen LogP contribution is 2.43. The minimum atomic E-state index is -2.64. The number of aryl methyl sites for hydroxylation is 1. The Morgan fingerprint density at radius 3 is 2.49 bits per heavy atom. The first-order valence-electron chi connectivity index (χ1n) is 16.6. The van der Waals surface area contributed by atoms with Crippen LogP contribution in [0.2, 0.25) is 0 Å². The molecular weight excluding hydrogens is 628 g/mol. The van der Waals surface area contributed by atoms with Crippen molar-refractivity contribution < 1.29 is 18.7 Å². The van der Waals surface area contributed by atoms with Gasteiger partial charge in [0.15, 0.2) is 5.82 Å². The number of β-amino-alcohol motifs (C(OH)–C–C–N with tert-alkyl or cyclic N) is 1. The van der Waals surface area contributed by atoms with Crippen molar-refractivity contribution in [1.29, 1.82) is 0 Å². The van der Waals surface area contributed by atoms with E-state index >= 15 is 0 Å². The van der Waals surface area contributed by atoms with Crippen molar-refractivity contribution in [3.8, 4) is 22.6 Å². The number of aliphatic hydroxyl groups is 1. The summed E-state index contributed by atoms with van der Waals surface area (Å²) in [5, 5.41) is 23.8. The molecule has 2 saturated heterocycles. The van der Waals surface area contributed by atoms with E-state index in [9.17, 15) is 18.7 Å². The van der Waals surface area contributed by atoms with Crippen molar-refractivity contribution >= 4 is 28.1 Å². The lowest BCUT2D eigenvalue weighted by Crippen LogP contribution is -2.46. The maximum atomic E-state index is 14.0. The van der Waals surface area contributed by atoms with E-state index in [0.29, 0.717) is 43.3 Å². The van der Waals surface area contributed by atoms with Gasteiger partial charge in [0.1, 0.15) is 23.9 Å². The Balaban J connectivity index is 0.891. The Hall–Kier alpha value is -4.85. The Bertz CT molecular complexity index is 2020. The summed E-state index contributed by atoms with van der Waals surface area (Å²) >= 11 is 0. The summed E-state index contributed by atoms with van der Waals surface area (Å²) in [6.07, 6.45) is 4.38. The lowest BCUT2D eigenvalue weighted by molar-refractivity contribution is -0.125. The van der Waals surface area contributed by atoms with Crippen molar-refractivity contribution in [3.63, 3.8) is 0 Å². The first kappa shape index (κ1) is 31.4. The summed E-state index contributed by atoms with van der Waals surface area (Å²) in [6.45, 7) is 3.90. The third kappa shape index (κ3) is 5.91. The third-order valence-electron chi connectivity index (χ3n) is 10.3. The van der Waals surface area contributed by atoms with Crippen LogP contribution in [0.5, 0.6) is 0 Å². The number of pyridine rings is 1. The summed E-state index contributed by atoms with van der Waals surface area (Å²) in [5.74, 6) is 0.811. The fraction of sp³-hybridized carbons (Fsp3) is 0.361. The van der Waals surface area contributed by atoms with Gasteiger partial charge in [-0.2, -0.15) is 10.2 Å². The van der Waals surface area contributed by atoms with Crippen LogP contribution in [0.25, 0.3) is 39.1 Å². The van der Waals surface area contributed by atoms with Gasteiger partial charge in [0, 0.05) is 68.2 Å². The average molecular weight is 666 g/mol. The molecule has 5 aromatic rings. The molecule has 0 radical (unpaired) electrons. The molecule has 0 unspecified atom stereocenters. The van der Waals surface area contributed by atoms with Crippen molar-refractivity contribution in [3.05, 3.63) is 84.5 Å². The second-order valence-corrected chi connectivity index (χ2v) is 13.3. The maximum Gasteiger partial charge on any atom is 0.280 e. The average Bonchev–Trinajstić information content (AvgIpc) is 3.92. The topological polar surface area (TPSA) is 119 Å². The van der Waals surface area contributed by atoms with Crippen LogP contribution < -0.4 is 4.90 Å². The Morgan fingerprint density at radius 2 is 1.78 bits per heavy atom. The fourth-order valence-corrected chi connectivity index (χ4v) is 7.49. The van der Waals surface area contributed by atoms with Crippen molar-refractivity contribution in [2.24, 2.45) is 12.5 Å². The molecule has 252 valence electrons. The number of H-pyrrole nitrogens is 1. The van der Waals surface area contributed by atoms with Gasteiger partial charge in [-0.1, -0.05) is 30.3 Å². The number of anilines is 1. The molecule has 3 aromatic heterocycles. The standard InChI is InChI=1S/C36H37F2N9O2/c1-44-22-40-34(43-44)25-4-2-23(3-5-25)24-10-14-46(15-11-24)31(48)20-45-16-12-36(21-45)13-17-47(35(36)49)27-7-9-29-28(18-27)32(42-41-29)26-6-8-30(33(37)38)39-19-26/h2-10,18-19,22,31,33,48H,11-17,20-21H2,1H3,(H,41,42)/t31-,36-/m0/s1. The molecule has 1 spiro atoms. The van der Waals surface area contributed by atoms with Crippen LogP contribution in [0, 0.1) is 5.41 Å². The molecule has 2 aromatic carbocycles. The zero-order chi connectivity index (χ0) is 33.7. The number of halogens is 2. The normalized spacial score (nSPS) is 21.0. The van der Waals surface area contributed by atoms with Gasteiger partial charge in [0.2, 0.25) is 5.91 Å². The summed E-state index contributed by atoms with van der Waals surface area (Å²) < 4.78 is 27.7. The largest absolute Gasteiger partial charge is 0.377 e. The molecule has 0 aliphatic carbocycles. The summed E-state index contributed by atoms with van der Waals surface area (Å²) in [7, 11) is 1.85. The SMILES string of the molecule is Cn1cnc(-c2ccc(C3=CCN([C@@H](O)CN4CC[C@]5(CCN(c6ccc7[nH]nc(-c8ccc(C(F)F)nc8)c7c6)C5=O)C4)CC3)cc2)n1. The second-order valence-electron chi connectivity index (χ2n) is 13.3. The van der Waals surface area contributed by atoms with Crippen LogP contribution in [0.3, 0.4) is 0 Å². The number of alkyl halides is 2. The highest BCUT2D eigenvalue weighted by Gasteiger charge is 2.51. The smallest absolute Gasteiger partial charge is 0.280 e. The van der Waals surface area contributed by atoms with Gasteiger partial charge in [-0.3, -0.25) is 29.4 Å². The van der Waals surface area contributed by atoms with Crippen molar-refractivity contribution in [2.75, 3.05) is 44.2 Å². The van der Waals surface area contributed by atoms with Crippen molar-refractivity contribution in [1.82, 2.24) is 39.7 Å². The fourth-order valence-electron chi connectivity index (χ4n) is 7.49. The number of aromatic amines is 1. The molecule has 49 heavy (non-hydrogen) atoms. The van der Waals surface area contributed by atoms with Gasteiger partial charge in [-0.15, -0.1) is 0 Å². The van der Waals surface area contributed by atoms with Gasteiger partial charge in [0.25, 0.3) is 6.43 Å². The molecule has 8 rings (SSSR count). The van der Waals surface area contributed by atoms with Gasteiger partial charge in [-0.25, -0.2) is 13.8 Å². The quantitative estimate of drug-likeness (QED) is 0.241. The Morgan fingerprint density at radius 1 is 0.980 bits per heavy atom. The van der Waals surface area contributed by atoms with E-state index in [1.807, 2.05) is 42.3 Å². The number of hydrogen-bond acceptors (Lipinski definition) is 8. The number of aromatic nitrogens is 6. The first-order valence-corrected chi connectivity index (χ1v) is 16.6. The number of carbonyl (C=O) groups excluding carboxylic acids is 1. The van der Waals surface area contributed by atoms with Gasteiger partial charge in [0.05, 0.1) is 10.9 Å². The number of amides is 1. The van der Waals surface area contributed by atoms with Gasteiger partial charge in [-0.05, 0) is 67.3 Å². The Labute approximate surface area is 281 Å². The van der Waals surface area contributed by atoms with Crippen LogP contribution in [-0.4, -0.2) is 96.3 Å². The maximum absolute atomic E-state index is 14.0. The van der Waals surface area contributed by atoms with Crippen LogP contribution >= 0.6 is 0 Å². The molecule has 13 heteroatoms. The number of carbonyl (C=O) groups is 1. The third-order valence-corrected chi connectivity index (χ3v) is 10.3. The summed E-state index contributed by atoms with van der Waals surface area (Å²) in [6, 6.07) is 17.0. The highest BCUT2D eigenvalue weighted by molar-refractivity contribution is 6.03. The lowest BCUT2D eigenvalue weighted by Gasteiger charge is -2.33. The zero-order valence-electron chi connectivity index (χ0n) is 27.1. The van der Waals surface area contributed by atoms with E-state index in [4.69, 9.17) is 0 Å². The van der Waals surface area contributed by atoms with E-state index in [1.54, 1.807) is 17.1 Å². The molecule has 2 N–H and O–H groups in total. The van der Waals surface area contributed by atoms with Crippen molar-refractivity contribution in [2.45, 2.75) is 31.9 Å². The number of benzene rings is 2. The van der Waals surface area contributed by atoms with E-state index in [-0.39, 0.29) is 11.6 Å². The second kappa shape index (κ2) is 12.6. The number of fused-ring (bicyclic) bond motifs is 1. The number of nitrogens with zero attached hydrogens (tertiary/aromatic N) is 8. The van der Waals surface area contributed by atoms with Crippen LogP contribution in [0.4, 0.5) is 14.5 Å². The molecule has 0 bridgehead atoms. The zero-order valence-corrected chi connectivity index (χ0v) is 27.1. The number of aliphatic hydroxyl groups excluding tert-OH is 1. The van der Waals surface area contributed by atoms with Crippen LogP contribution in [0.1, 0.15) is 36.9 Å². The molecular formula is C36H37F2N9O2. The van der Waals surface area contributed by atoms with E-state index in [0.717, 1.165) is 54.5 Å². The predicted molar refractivity (Wildman–Crippen MR) is 181 cm³/mol. The predicted octanol–water partition coefficient (Wildman–Crippen LogP) is 4.89. The molecule has 0 saturated carbocycles. The molecule has 3 aliphatic rings. The van der Waals surface area contributed by atoms with E-state index in [2.05, 4.69) is 53.3 Å². The van der Waals surface area contributed by atoms with E-state index in [1.165, 1.54) is 23.4 Å². The minimum Gasteiger partial charge on any atom is -0.377 e. The van der Waals surface area contributed by atoms with Gasteiger partial charge >= 0.3 is 0 Å². The monoisotopic (exact) mass is 665 g/mol. The molecule has 2 fully saturated rings. The first-order chi connectivity index (χ1) is 23.8. The van der Waals surface area contributed by atoms with E-state index < -0.39 is 18.1 Å². The van der Waals surface area contributed by atoms with Gasteiger partial charge < -0.3 is 10.0 Å². The number of nitrogens with one attached hydrogen (secondary N) is 1. The molecule has 3 aliphatic heterocycles. The summed E-state index contributed by atoms with van der Waals surface area (Å²) in [5.41, 5.74) is 5.45. The van der Waals surface area contributed by atoms with Crippen LogP contribution in [0.15, 0.2) is 73.2 Å². The number of rotatable bonds is 8. The summed E-state index contributed by atoms with van der Waals surface area (Å²) in [4.78, 5) is 28.4. The minimum absolute atomic E-state index is 0.104. The molecule has 2 atom stereocenters. The highest BCUT2D eigenvalue weighted by atomic mass is 19.3.